The Hall–Kier alpha value is -1.40. The maximum atomic E-state index is 5.48. The van der Waals surface area contributed by atoms with Gasteiger partial charge in [-0.3, -0.25) is 5.43 Å². The quantitative estimate of drug-likeness (QED) is 0.652. The summed E-state index contributed by atoms with van der Waals surface area (Å²) in [6.45, 7) is 6.52. The zero-order valence-electron chi connectivity index (χ0n) is 11.3. The summed E-state index contributed by atoms with van der Waals surface area (Å²) in [5.74, 6) is 7.72. The van der Waals surface area contributed by atoms with Crippen molar-refractivity contribution in [3.05, 3.63) is 10.9 Å². The molecular weight excluding hydrogens is 258 g/mol. The van der Waals surface area contributed by atoms with Crippen molar-refractivity contribution in [2.45, 2.75) is 26.7 Å². The van der Waals surface area contributed by atoms with Gasteiger partial charge in [0.05, 0.1) is 5.39 Å². The number of hydrogen-bond donors (Lipinski definition) is 2. The van der Waals surface area contributed by atoms with Crippen LogP contribution in [0, 0.1) is 12.8 Å². The lowest BCUT2D eigenvalue weighted by Gasteiger charge is -2.32. The van der Waals surface area contributed by atoms with Gasteiger partial charge in [0.2, 0.25) is 5.95 Å². The first kappa shape index (κ1) is 12.6. The van der Waals surface area contributed by atoms with Crippen LogP contribution in [-0.2, 0) is 0 Å². The fraction of sp³-hybridized carbons (Fsp3) is 0.538. The Morgan fingerprint density at radius 3 is 3.05 bits per heavy atom. The fourth-order valence-corrected chi connectivity index (χ4v) is 3.59. The van der Waals surface area contributed by atoms with E-state index in [9.17, 15) is 0 Å². The molecule has 3 heterocycles. The average Bonchev–Trinajstić information content (AvgIpc) is 2.77. The molecule has 2 aromatic heterocycles. The summed E-state index contributed by atoms with van der Waals surface area (Å²) in [4.78, 5) is 13.6. The van der Waals surface area contributed by atoms with Crippen molar-refractivity contribution in [1.82, 2.24) is 9.97 Å². The van der Waals surface area contributed by atoms with Crippen LogP contribution in [0.2, 0.25) is 0 Å². The zero-order valence-corrected chi connectivity index (χ0v) is 12.1. The lowest BCUT2D eigenvalue weighted by molar-refractivity contribution is 0.445. The molecule has 2 aromatic rings. The molecule has 1 saturated heterocycles. The van der Waals surface area contributed by atoms with Gasteiger partial charge in [0.15, 0.2) is 0 Å². The van der Waals surface area contributed by atoms with Crippen molar-refractivity contribution < 1.29 is 0 Å². The van der Waals surface area contributed by atoms with Crippen LogP contribution in [0.4, 0.5) is 11.8 Å². The zero-order chi connectivity index (χ0) is 13.4. The van der Waals surface area contributed by atoms with E-state index in [1.54, 1.807) is 11.3 Å². The Morgan fingerprint density at radius 2 is 2.32 bits per heavy atom. The molecule has 1 aliphatic rings. The van der Waals surface area contributed by atoms with Gasteiger partial charge in [-0.1, -0.05) is 6.92 Å². The normalized spacial score (nSPS) is 19.9. The van der Waals surface area contributed by atoms with Gasteiger partial charge >= 0.3 is 0 Å². The molecule has 19 heavy (non-hydrogen) atoms. The van der Waals surface area contributed by atoms with E-state index in [0.29, 0.717) is 11.9 Å². The molecule has 0 amide bonds. The number of fused-ring (bicyclic) bond motifs is 1. The van der Waals surface area contributed by atoms with Crippen molar-refractivity contribution in [3.8, 4) is 0 Å². The molecule has 0 saturated carbocycles. The first-order valence-electron chi connectivity index (χ1n) is 6.67. The Morgan fingerprint density at radius 1 is 1.47 bits per heavy atom. The summed E-state index contributed by atoms with van der Waals surface area (Å²) < 4.78 is 0. The van der Waals surface area contributed by atoms with Gasteiger partial charge in [0.1, 0.15) is 10.6 Å². The number of nitrogens with one attached hydrogen (secondary N) is 1. The van der Waals surface area contributed by atoms with Crippen LogP contribution in [0.1, 0.15) is 24.6 Å². The smallest absolute Gasteiger partial charge is 0.240 e. The molecule has 0 bridgehead atoms. The Bertz CT molecular complexity index is 594. The van der Waals surface area contributed by atoms with Crippen molar-refractivity contribution in [3.63, 3.8) is 0 Å². The number of hydrogen-bond acceptors (Lipinski definition) is 6. The summed E-state index contributed by atoms with van der Waals surface area (Å²) >= 11 is 1.69. The standard InChI is InChI=1S/C13H19N5S/c1-8-4-3-5-18(7-8)11-10-6-9(2)19-12(10)16-13(15-11)17-14/h6,8H,3-5,7,14H2,1-2H3,(H,15,16,17). The summed E-state index contributed by atoms with van der Waals surface area (Å²) in [5.41, 5.74) is 2.58. The third-order valence-electron chi connectivity index (χ3n) is 3.58. The SMILES string of the molecule is Cc1cc2c(N3CCCC(C)C3)nc(NN)nc2s1. The van der Waals surface area contributed by atoms with Crippen molar-refractivity contribution in [2.75, 3.05) is 23.4 Å². The van der Waals surface area contributed by atoms with Gasteiger partial charge in [-0.2, -0.15) is 4.98 Å². The second kappa shape index (κ2) is 4.94. The van der Waals surface area contributed by atoms with E-state index in [0.717, 1.165) is 29.1 Å². The fourth-order valence-electron chi connectivity index (χ4n) is 2.71. The van der Waals surface area contributed by atoms with Gasteiger partial charge in [-0.25, -0.2) is 10.8 Å². The van der Waals surface area contributed by atoms with Crippen LogP contribution in [0.25, 0.3) is 10.2 Å². The van der Waals surface area contributed by atoms with Crippen LogP contribution in [0.15, 0.2) is 6.07 Å². The van der Waals surface area contributed by atoms with E-state index in [1.165, 1.54) is 17.7 Å². The predicted molar refractivity (Wildman–Crippen MR) is 80.6 cm³/mol. The highest BCUT2D eigenvalue weighted by Gasteiger charge is 2.21. The van der Waals surface area contributed by atoms with Gasteiger partial charge in [0, 0.05) is 18.0 Å². The number of anilines is 2. The minimum absolute atomic E-state index is 0.502. The molecule has 5 nitrogen and oxygen atoms in total. The number of rotatable bonds is 2. The highest BCUT2D eigenvalue weighted by Crippen LogP contribution is 2.33. The first-order chi connectivity index (χ1) is 9.17. The second-order valence-electron chi connectivity index (χ2n) is 5.28. The van der Waals surface area contributed by atoms with Crippen molar-refractivity contribution in [2.24, 2.45) is 11.8 Å². The number of aromatic nitrogens is 2. The number of aryl methyl sites for hydroxylation is 1. The Kier molecular flexibility index (Phi) is 3.28. The third kappa shape index (κ3) is 2.37. The molecule has 3 rings (SSSR count). The van der Waals surface area contributed by atoms with Crippen LogP contribution in [0.5, 0.6) is 0 Å². The topological polar surface area (TPSA) is 67.1 Å². The summed E-state index contributed by atoms with van der Waals surface area (Å²) in [6, 6.07) is 2.18. The average molecular weight is 277 g/mol. The highest BCUT2D eigenvalue weighted by atomic mass is 32.1. The molecule has 1 unspecified atom stereocenters. The van der Waals surface area contributed by atoms with Crippen LogP contribution in [0.3, 0.4) is 0 Å². The maximum absolute atomic E-state index is 5.48. The van der Waals surface area contributed by atoms with Gasteiger partial charge in [0.25, 0.3) is 0 Å². The lowest BCUT2D eigenvalue weighted by Crippen LogP contribution is -2.35. The minimum Gasteiger partial charge on any atom is -0.356 e. The molecule has 6 heteroatoms. The number of nitrogens with two attached hydrogens (primary N) is 1. The monoisotopic (exact) mass is 277 g/mol. The number of piperidine rings is 1. The van der Waals surface area contributed by atoms with Crippen molar-refractivity contribution >= 4 is 33.3 Å². The maximum Gasteiger partial charge on any atom is 0.240 e. The Balaban J connectivity index is 2.09. The van der Waals surface area contributed by atoms with Gasteiger partial charge in [-0.15, -0.1) is 11.3 Å². The van der Waals surface area contributed by atoms with E-state index >= 15 is 0 Å². The first-order valence-corrected chi connectivity index (χ1v) is 7.49. The Labute approximate surface area is 116 Å². The molecule has 0 aliphatic carbocycles. The number of nitrogen functional groups attached to an aromatic ring is 1. The predicted octanol–water partition coefficient (Wildman–Crippen LogP) is 2.52. The van der Waals surface area contributed by atoms with Crippen LogP contribution in [-0.4, -0.2) is 23.1 Å². The molecule has 1 aliphatic heterocycles. The van der Waals surface area contributed by atoms with Crippen molar-refractivity contribution in [1.29, 1.82) is 0 Å². The molecule has 102 valence electrons. The number of thiophene rings is 1. The summed E-state index contributed by atoms with van der Waals surface area (Å²) in [6.07, 6.45) is 2.52. The van der Waals surface area contributed by atoms with E-state index < -0.39 is 0 Å². The summed E-state index contributed by atoms with van der Waals surface area (Å²) in [7, 11) is 0. The van der Waals surface area contributed by atoms with E-state index in [2.05, 4.69) is 40.2 Å². The number of hydrazine groups is 1. The van der Waals surface area contributed by atoms with Crippen LogP contribution < -0.4 is 16.2 Å². The van der Waals surface area contributed by atoms with Crippen LogP contribution >= 0.6 is 11.3 Å². The van der Waals surface area contributed by atoms with E-state index in [4.69, 9.17) is 5.84 Å². The largest absolute Gasteiger partial charge is 0.356 e. The summed E-state index contributed by atoms with van der Waals surface area (Å²) in [5, 5.41) is 1.15. The third-order valence-corrected chi connectivity index (χ3v) is 4.53. The molecule has 1 atom stereocenters. The van der Waals surface area contributed by atoms with Gasteiger partial charge < -0.3 is 4.90 Å². The number of nitrogens with zero attached hydrogens (tertiary/aromatic N) is 3. The molecule has 0 spiro atoms. The molecule has 1 fully saturated rings. The molecule has 0 aromatic carbocycles. The molecule has 0 radical (unpaired) electrons. The second-order valence-corrected chi connectivity index (χ2v) is 6.52. The molecular formula is C13H19N5S. The molecule has 3 N–H and O–H groups in total. The minimum atomic E-state index is 0.502. The highest BCUT2D eigenvalue weighted by molar-refractivity contribution is 7.18. The lowest BCUT2D eigenvalue weighted by atomic mass is 10.0. The van der Waals surface area contributed by atoms with Gasteiger partial charge in [-0.05, 0) is 31.7 Å². The van der Waals surface area contributed by atoms with E-state index in [-0.39, 0.29) is 0 Å². The van der Waals surface area contributed by atoms with E-state index in [1.807, 2.05) is 0 Å².